The average Bonchev–Trinajstić information content (AvgIpc) is 3.49. The van der Waals surface area contributed by atoms with Crippen molar-refractivity contribution in [2.45, 2.75) is 19.9 Å². The number of furan rings is 1. The van der Waals surface area contributed by atoms with Crippen LogP contribution in [0.25, 0.3) is 17.4 Å². The molecule has 3 heterocycles. The molecule has 0 saturated heterocycles. The molecule has 0 spiro atoms. The van der Waals surface area contributed by atoms with E-state index in [0.717, 1.165) is 10.0 Å². The zero-order valence-electron chi connectivity index (χ0n) is 20.7. The fourth-order valence-corrected chi connectivity index (χ4v) is 5.74. The van der Waals surface area contributed by atoms with Crippen molar-refractivity contribution in [1.82, 2.24) is 4.57 Å². The minimum absolute atomic E-state index is 0.204. The first-order valence-electron chi connectivity index (χ1n) is 11.7. The smallest absolute Gasteiger partial charge is 0.338 e. The first-order chi connectivity index (χ1) is 18.3. The Hall–Kier alpha value is -3.40. The molecule has 0 radical (unpaired) electrons. The van der Waals surface area contributed by atoms with Crippen LogP contribution < -0.4 is 19.6 Å². The van der Waals surface area contributed by atoms with Crippen molar-refractivity contribution in [1.29, 1.82) is 0 Å². The number of rotatable bonds is 6. The summed E-state index contributed by atoms with van der Waals surface area (Å²) in [5.74, 6) is 1.22. The number of hydrogen-bond acceptors (Lipinski definition) is 7. The van der Waals surface area contributed by atoms with Gasteiger partial charge in [0.2, 0.25) is 0 Å². The molecule has 194 valence electrons. The Balaban J connectivity index is 1.64. The first kappa shape index (κ1) is 26.2. The summed E-state index contributed by atoms with van der Waals surface area (Å²) in [5.41, 5.74) is 2.04. The summed E-state index contributed by atoms with van der Waals surface area (Å²) in [4.78, 5) is 31.9. The second kappa shape index (κ2) is 10.8. The minimum atomic E-state index is -0.723. The Morgan fingerprint density at radius 3 is 2.79 bits per heavy atom. The van der Waals surface area contributed by atoms with Crippen LogP contribution >= 0.6 is 38.9 Å². The van der Waals surface area contributed by atoms with E-state index in [2.05, 4.69) is 20.9 Å². The maximum atomic E-state index is 13.8. The number of hydrogen-bond donors (Lipinski definition) is 0. The number of halogens is 2. The normalized spacial score (nSPS) is 15.3. The molecule has 4 aromatic rings. The third-order valence-corrected chi connectivity index (χ3v) is 8.25. The summed E-state index contributed by atoms with van der Waals surface area (Å²) in [6, 6.07) is 15.7. The van der Waals surface area contributed by atoms with Gasteiger partial charge in [0, 0.05) is 16.1 Å². The molecule has 10 heteroatoms. The number of esters is 1. The van der Waals surface area contributed by atoms with Crippen LogP contribution in [-0.4, -0.2) is 24.3 Å². The van der Waals surface area contributed by atoms with Crippen LogP contribution in [0.3, 0.4) is 0 Å². The van der Waals surface area contributed by atoms with E-state index in [1.165, 1.54) is 15.9 Å². The topological polar surface area (TPSA) is 83.0 Å². The van der Waals surface area contributed by atoms with Crippen LogP contribution in [0.15, 0.2) is 84.5 Å². The molecular weight excluding hydrogens is 592 g/mol. The van der Waals surface area contributed by atoms with E-state index in [1.54, 1.807) is 45.2 Å². The molecule has 0 amide bonds. The van der Waals surface area contributed by atoms with Gasteiger partial charge in [-0.25, -0.2) is 9.79 Å². The summed E-state index contributed by atoms with van der Waals surface area (Å²) in [7, 11) is 1.57. The lowest BCUT2D eigenvalue weighted by Crippen LogP contribution is -2.39. The number of methoxy groups -OCH3 is 1. The van der Waals surface area contributed by atoms with Crippen molar-refractivity contribution >= 4 is 50.9 Å². The van der Waals surface area contributed by atoms with Crippen molar-refractivity contribution < 1.29 is 18.7 Å². The zero-order valence-corrected chi connectivity index (χ0v) is 23.8. The Labute approximate surface area is 235 Å². The quantitative estimate of drug-likeness (QED) is 0.269. The Kier molecular flexibility index (Phi) is 7.43. The van der Waals surface area contributed by atoms with Crippen molar-refractivity contribution in [3.05, 3.63) is 106 Å². The molecule has 0 aliphatic carbocycles. The lowest BCUT2D eigenvalue weighted by atomic mass is 9.95. The second-order valence-corrected chi connectivity index (χ2v) is 10.7. The van der Waals surface area contributed by atoms with E-state index in [0.29, 0.717) is 48.5 Å². The first-order valence-corrected chi connectivity index (χ1v) is 13.7. The number of allylic oxidation sites excluding steroid dienone is 1. The fraction of sp³-hybridized carbons (Fsp3) is 0.179. The van der Waals surface area contributed by atoms with Crippen LogP contribution in [0.5, 0.6) is 5.75 Å². The molecule has 5 rings (SSSR count). The third-order valence-electron chi connectivity index (χ3n) is 6.03. The van der Waals surface area contributed by atoms with Crippen LogP contribution in [0.2, 0.25) is 5.02 Å². The maximum absolute atomic E-state index is 13.8. The summed E-state index contributed by atoms with van der Waals surface area (Å²) in [5, 5.41) is 0.569. The molecule has 0 N–H and O–H groups in total. The summed E-state index contributed by atoms with van der Waals surface area (Å²) >= 11 is 10.9. The van der Waals surface area contributed by atoms with Gasteiger partial charge in [0.15, 0.2) is 4.80 Å². The van der Waals surface area contributed by atoms with Gasteiger partial charge < -0.3 is 13.9 Å². The molecule has 38 heavy (non-hydrogen) atoms. The SMILES string of the molecule is CCOC(=O)C1=C(C)N=c2s/c(=C\c3ccc(-c4ccc(Br)c(Cl)c4)o3)c(=O)n2[C@H]1c1cccc(OC)c1. The van der Waals surface area contributed by atoms with Crippen LogP contribution in [0.4, 0.5) is 0 Å². The monoisotopic (exact) mass is 612 g/mol. The highest BCUT2D eigenvalue weighted by atomic mass is 79.9. The fourth-order valence-electron chi connectivity index (χ4n) is 4.28. The van der Waals surface area contributed by atoms with Gasteiger partial charge in [-0.15, -0.1) is 0 Å². The molecule has 1 atom stereocenters. The highest BCUT2D eigenvalue weighted by Gasteiger charge is 2.33. The molecule has 0 fully saturated rings. The Morgan fingerprint density at radius 1 is 1.24 bits per heavy atom. The standard InChI is InChI=1S/C28H22BrClN2O5S/c1-4-36-27(34)24-15(2)31-28-32(25(24)17-6-5-7-18(12-17)35-3)26(33)23(38-28)14-19-9-11-22(37-19)16-8-10-20(29)21(30)13-16/h5-14,25H,4H2,1-3H3/b23-14-/t25-/m0/s1. The van der Waals surface area contributed by atoms with Gasteiger partial charge >= 0.3 is 5.97 Å². The van der Waals surface area contributed by atoms with Gasteiger partial charge in [-0.05, 0) is 71.7 Å². The van der Waals surface area contributed by atoms with E-state index in [4.69, 9.17) is 25.5 Å². The van der Waals surface area contributed by atoms with Gasteiger partial charge in [0.1, 0.15) is 17.3 Å². The number of nitrogens with zero attached hydrogens (tertiary/aromatic N) is 2. The lowest BCUT2D eigenvalue weighted by molar-refractivity contribution is -0.139. The molecule has 2 aromatic heterocycles. The minimum Gasteiger partial charge on any atom is -0.497 e. The van der Waals surface area contributed by atoms with Gasteiger partial charge in [0.25, 0.3) is 5.56 Å². The Bertz CT molecular complexity index is 1770. The highest BCUT2D eigenvalue weighted by molar-refractivity contribution is 9.10. The second-order valence-electron chi connectivity index (χ2n) is 8.41. The Morgan fingerprint density at radius 2 is 2.05 bits per heavy atom. The number of carbonyl (C=O) groups is 1. The van der Waals surface area contributed by atoms with E-state index >= 15 is 0 Å². The molecule has 1 aliphatic heterocycles. The average molecular weight is 614 g/mol. The van der Waals surface area contributed by atoms with Crippen molar-refractivity contribution in [3.63, 3.8) is 0 Å². The zero-order chi connectivity index (χ0) is 27.0. The summed E-state index contributed by atoms with van der Waals surface area (Å²) < 4.78 is 19.5. The molecule has 2 aromatic carbocycles. The van der Waals surface area contributed by atoms with Gasteiger partial charge in [-0.1, -0.05) is 41.1 Å². The van der Waals surface area contributed by atoms with Gasteiger partial charge in [-0.2, -0.15) is 0 Å². The maximum Gasteiger partial charge on any atom is 0.338 e. The van der Waals surface area contributed by atoms with Crippen molar-refractivity contribution in [2.24, 2.45) is 4.99 Å². The number of thiazole rings is 1. The molecular formula is C28H22BrClN2O5S. The van der Waals surface area contributed by atoms with E-state index in [-0.39, 0.29) is 12.2 Å². The summed E-state index contributed by atoms with van der Waals surface area (Å²) in [6.45, 7) is 3.69. The van der Waals surface area contributed by atoms with Crippen molar-refractivity contribution in [3.8, 4) is 17.1 Å². The van der Waals surface area contributed by atoms with Crippen LogP contribution in [0, 0.1) is 0 Å². The molecule has 0 unspecified atom stereocenters. The number of benzene rings is 2. The molecule has 1 aliphatic rings. The number of aromatic nitrogens is 1. The van der Waals surface area contributed by atoms with Crippen LogP contribution in [-0.2, 0) is 9.53 Å². The third kappa shape index (κ3) is 4.89. The number of ether oxygens (including phenoxy) is 2. The van der Waals surface area contributed by atoms with E-state index in [1.807, 2.05) is 36.4 Å². The predicted molar refractivity (Wildman–Crippen MR) is 150 cm³/mol. The van der Waals surface area contributed by atoms with Gasteiger partial charge in [0.05, 0.1) is 40.6 Å². The van der Waals surface area contributed by atoms with E-state index in [9.17, 15) is 9.59 Å². The predicted octanol–water partition coefficient (Wildman–Crippen LogP) is 5.48. The van der Waals surface area contributed by atoms with Crippen molar-refractivity contribution in [2.75, 3.05) is 13.7 Å². The highest BCUT2D eigenvalue weighted by Crippen LogP contribution is 2.33. The molecule has 7 nitrogen and oxygen atoms in total. The summed E-state index contributed by atoms with van der Waals surface area (Å²) in [6.07, 6.45) is 1.68. The molecule has 0 bridgehead atoms. The number of fused-ring (bicyclic) bond motifs is 1. The molecule has 0 saturated carbocycles. The van der Waals surface area contributed by atoms with E-state index < -0.39 is 12.0 Å². The largest absolute Gasteiger partial charge is 0.497 e. The van der Waals surface area contributed by atoms with Gasteiger partial charge in [-0.3, -0.25) is 9.36 Å². The van der Waals surface area contributed by atoms with Crippen LogP contribution in [0.1, 0.15) is 31.2 Å². The number of carbonyl (C=O) groups excluding carboxylic acids is 1. The lowest BCUT2D eigenvalue weighted by Gasteiger charge is -2.24.